The molecule has 0 aliphatic carbocycles. The number of rotatable bonds is 5. The molecule has 0 saturated heterocycles. The van der Waals surface area contributed by atoms with E-state index in [1.807, 2.05) is 0 Å². The highest BCUT2D eigenvalue weighted by Gasteiger charge is 2.10. The van der Waals surface area contributed by atoms with Gasteiger partial charge in [-0.1, -0.05) is 6.08 Å². The molecule has 0 spiro atoms. The summed E-state index contributed by atoms with van der Waals surface area (Å²) in [6, 6.07) is 3.25. The first-order chi connectivity index (χ1) is 8.72. The number of H-pyrrole nitrogens is 1. The van der Waals surface area contributed by atoms with E-state index in [0.717, 1.165) is 0 Å². The number of furan rings is 1. The number of amides is 1. The topological polar surface area (TPSA) is 75.8 Å². The fourth-order valence-corrected chi connectivity index (χ4v) is 1.68. The number of nitrogens with one attached hydrogen (secondary N) is 2. The molecule has 0 aromatic carbocycles. The third-order valence-corrected chi connectivity index (χ3v) is 2.61. The van der Waals surface area contributed by atoms with E-state index in [2.05, 4.69) is 22.1 Å². The van der Waals surface area contributed by atoms with Crippen molar-refractivity contribution in [2.24, 2.45) is 0 Å². The molecule has 18 heavy (non-hydrogen) atoms. The van der Waals surface area contributed by atoms with Gasteiger partial charge in [0.1, 0.15) is 0 Å². The van der Waals surface area contributed by atoms with Crippen LogP contribution in [0.1, 0.15) is 16.4 Å². The van der Waals surface area contributed by atoms with Crippen LogP contribution in [-0.4, -0.2) is 20.7 Å². The number of allylic oxidation sites excluding steroid dienone is 1. The van der Waals surface area contributed by atoms with E-state index in [1.54, 1.807) is 22.8 Å². The SMILES string of the molecule is C=CCn1c(CNC(=O)c2ccco2)n[nH]c1=S. The van der Waals surface area contributed by atoms with Crippen LogP contribution in [0.5, 0.6) is 0 Å². The summed E-state index contributed by atoms with van der Waals surface area (Å²) in [4.78, 5) is 11.7. The monoisotopic (exact) mass is 264 g/mol. The molecule has 0 bridgehead atoms. The molecule has 2 aromatic heterocycles. The number of nitrogens with zero attached hydrogens (tertiary/aromatic N) is 2. The molecule has 94 valence electrons. The lowest BCUT2D eigenvalue weighted by atomic mass is 10.4. The molecule has 2 N–H and O–H groups in total. The van der Waals surface area contributed by atoms with E-state index in [4.69, 9.17) is 16.6 Å². The summed E-state index contributed by atoms with van der Waals surface area (Å²) in [7, 11) is 0. The van der Waals surface area contributed by atoms with E-state index >= 15 is 0 Å². The van der Waals surface area contributed by atoms with E-state index < -0.39 is 0 Å². The molecule has 0 aliphatic rings. The molecule has 2 rings (SSSR count). The Morgan fingerprint density at radius 2 is 2.56 bits per heavy atom. The Morgan fingerprint density at radius 1 is 1.72 bits per heavy atom. The third-order valence-electron chi connectivity index (χ3n) is 2.30. The van der Waals surface area contributed by atoms with Crippen molar-refractivity contribution in [3.63, 3.8) is 0 Å². The zero-order valence-electron chi connectivity index (χ0n) is 9.55. The van der Waals surface area contributed by atoms with Gasteiger partial charge in [0.05, 0.1) is 12.8 Å². The summed E-state index contributed by atoms with van der Waals surface area (Å²) < 4.78 is 7.23. The van der Waals surface area contributed by atoms with Gasteiger partial charge in [-0.05, 0) is 24.4 Å². The van der Waals surface area contributed by atoms with Crippen LogP contribution in [0.3, 0.4) is 0 Å². The van der Waals surface area contributed by atoms with Crippen LogP contribution in [0.2, 0.25) is 0 Å². The molecule has 0 fully saturated rings. The van der Waals surface area contributed by atoms with Crippen molar-refractivity contribution >= 4 is 18.1 Å². The van der Waals surface area contributed by atoms with Gasteiger partial charge in [0.15, 0.2) is 16.4 Å². The number of hydrogen-bond acceptors (Lipinski definition) is 4. The van der Waals surface area contributed by atoms with Gasteiger partial charge in [-0.2, -0.15) is 5.10 Å². The minimum atomic E-state index is -0.293. The summed E-state index contributed by atoms with van der Waals surface area (Å²) in [6.45, 7) is 4.45. The summed E-state index contributed by atoms with van der Waals surface area (Å²) >= 11 is 5.06. The van der Waals surface area contributed by atoms with Crippen molar-refractivity contribution in [2.45, 2.75) is 13.1 Å². The predicted octanol–water partition coefficient (Wildman–Crippen LogP) is 1.65. The molecular weight excluding hydrogens is 252 g/mol. The average Bonchev–Trinajstić information content (AvgIpc) is 2.99. The number of carbonyl (C=O) groups is 1. The fourth-order valence-electron chi connectivity index (χ4n) is 1.46. The fraction of sp³-hybridized carbons (Fsp3) is 0.182. The van der Waals surface area contributed by atoms with Gasteiger partial charge >= 0.3 is 0 Å². The van der Waals surface area contributed by atoms with Crippen LogP contribution >= 0.6 is 12.2 Å². The van der Waals surface area contributed by atoms with Crippen LogP contribution in [0.25, 0.3) is 0 Å². The first kappa shape index (κ1) is 12.3. The first-order valence-electron chi connectivity index (χ1n) is 5.29. The highest BCUT2D eigenvalue weighted by Crippen LogP contribution is 2.02. The van der Waals surface area contributed by atoms with Crippen LogP contribution in [0, 0.1) is 4.77 Å². The maximum atomic E-state index is 11.7. The summed E-state index contributed by atoms with van der Waals surface area (Å²) in [5.41, 5.74) is 0. The van der Waals surface area contributed by atoms with Crippen LogP contribution in [0.15, 0.2) is 35.5 Å². The van der Waals surface area contributed by atoms with Crippen LogP contribution in [-0.2, 0) is 13.1 Å². The van der Waals surface area contributed by atoms with Crippen LogP contribution in [0.4, 0.5) is 0 Å². The lowest BCUT2D eigenvalue weighted by Gasteiger charge is -2.04. The van der Waals surface area contributed by atoms with Crippen molar-refractivity contribution < 1.29 is 9.21 Å². The van der Waals surface area contributed by atoms with Crippen molar-refractivity contribution in [1.82, 2.24) is 20.1 Å². The molecule has 7 heteroatoms. The second kappa shape index (κ2) is 5.46. The van der Waals surface area contributed by atoms with Gasteiger partial charge in [-0.15, -0.1) is 6.58 Å². The lowest BCUT2D eigenvalue weighted by Crippen LogP contribution is -2.24. The summed E-state index contributed by atoms with van der Waals surface area (Å²) in [6.07, 6.45) is 3.16. The Balaban J connectivity index is 2.04. The van der Waals surface area contributed by atoms with Crippen molar-refractivity contribution in [1.29, 1.82) is 0 Å². The van der Waals surface area contributed by atoms with Gasteiger partial charge in [-0.3, -0.25) is 14.5 Å². The Hall–Kier alpha value is -2.15. The predicted molar refractivity (Wildman–Crippen MR) is 67.5 cm³/mol. The quantitative estimate of drug-likeness (QED) is 0.636. The first-order valence-corrected chi connectivity index (χ1v) is 5.70. The smallest absolute Gasteiger partial charge is 0.287 e. The highest BCUT2D eigenvalue weighted by atomic mass is 32.1. The summed E-state index contributed by atoms with van der Waals surface area (Å²) in [5, 5.41) is 9.41. The van der Waals surface area contributed by atoms with Gasteiger partial charge in [0.25, 0.3) is 5.91 Å². The molecule has 2 aromatic rings. The van der Waals surface area contributed by atoms with Gasteiger partial charge in [-0.25, -0.2) is 0 Å². The summed E-state index contributed by atoms with van der Waals surface area (Å²) in [5.74, 6) is 0.610. The van der Waals surface area contributed by atoms with E-state index in [9.17, 15) is 4.79 Å². The molecule has 6 nitrogen and oxygen atoms in total. The van der Waals surface area contributed by atoms with Gasteiger partial charge in [0, 0.05) is 6.54 Å². The Morgan fingerprint density at radius 3 is 3.22 bits per heavy atom. The maximum absolute atomic E-state index is 11.7. The zero-order valence-corrected chi connectivity index (χ0v) is 10.4. The number of aromatic amines is 1. The van der Waals surface area contributed by atoms with Crippen LogP contribution < -0.4 is 5.32 Å². The molecule has 1 amide bonds. The average molecular weight is 264 g/mol. The number of hydrogen-bond donors (Lipinski definition) is 2. The molecule has 0 unspecified atom stereocenters. The standard InChI is InChI=1S/C11H12N4O2S/c1-2-5-15-9(13-14-11(15)18)7-12-10(16)8-4-3-6-17-8/h2-4,6H,1,5,7H2,(H,12,16)(H,14,18). The van der Waals surface area contributed by atoms with Gasteiger partial charge < -0.3 is 9.73 Å². The minimum Gasteiger partial charge on any atom is -0.459 e. The molecule has 0 atom stereocenters. The Kier molecular flexibility index (Phi) is 3.73. The normalized spacial score (nSPS) is 10.2. The third kappa shape index (κ3) is 2.57. The molecule has 2 heterocycles. The zero-order chi connectivity index (χ0) is 13.0. The minimum absolute atomic E-state index is 0.263. The van der Waals surface area contributed by atoms with Crippen molar-refractivity contribution in [3.8, 4) is 0 Å². The Bertz CT molecular complexity index is 597. The molecule has 0 saturated carbocycles. The molecule has 0 aliphatic heterocycles. The highest BCUT2D eigenvalue weighted by molar-refractivity contribution is 7.71. The lowest BCUT2D eigenvalue weighted by molar-refractivity contribution is 0.0921. The van der Waals surface area contributed by atoms with E-state index in [0.29, 0.717) is 17.1 Å². The van der Waals surface area contributed by atoms with E-state index in [1.165, 1.54) is 6.26 Å². The molecule has 0 radical (unpaired) electrons. The maximum Gasteiger partial charge on any atom is 0.287 e. The largest absolute Gasteiger partial charge is 0.459 e. The van der Waals surface area contributed by atoms with Crippen molar-refractivity contribution in [2.75, 3.05) is 0 Å². The van der Waals surface area contributed by atoms with Crippen molar-refractivity contribution in [3.05, 3.63) is 47.4 Å². The van der Waals surface area contributed by atoms with Gasteiger partial charge in [0.2, 0.25) is 0 Å². The second-order valence-corrected chi connectivity index (χ2v) is 3.89. The number of aromatic nitrogens is 3. The second-order valence-electron chi connectivity index (χ2n) is 3.50. The number of carbonyl (C=O) groups excluding carboxylic acids is 1. The van der Waals surface area contributed by atoms with E-state index in [-0.39, 0.29) is 18.2 Å². The molecular formula is C11H12N4O2S. The Labute approximate surface area is 108 Å².